The Morgan fingerprint density at radius 3 is 2.79 bits per heavy atom. The van der Waals surface area contributed by atoms with Gasteiger partial charge in [0.25, 0.3) is 0 Å². The summed E-state index contributed by atoms with van der Waals surface area (Å²) >= 11 is 3.40. The molecule has 1 aliphatic rings. The molecule has 1 aromatic rings. The largest absolute Gasteiger partial charge is 0.326 e. The Kier molecular flexibility index (Phi) is 4.30. The maximum Gasteiger partial charge on any atom is 0.228 e. The quantitative estimate of drug-likeness (QED) is 0.895. The molecule has 0 saturated carbocycles. The Hall–Kier alpha value is -0.880. The predicted molar refractivity (Wildman–Crippen MR) is 78.9 cm³/mol. The molecule has 6 heteroatoms. The number of benzene rings is 1. The molecule has 1 N–H and O–H groups in total. The first kappa shape index (κ1) is 14.5. The van der Waals surface area contributed by atoms with Crippen LogP contribution in [0.2, 0.25) is 0 Å². The summed E-state index contributed by atoms with van der Waals surface area (Å²) in [5.41, 5.74) is 1.77. The van der Waals surface area contributed by atoms with Crippen molar-refractivity contribution < 1.29 is 13.2 Å². The average Bonchev–Trinajstić information content (AvgIpc) is 2.32. The van der Waals surface area contributed by atoms with Crippen molar-refractivity contribution in [2.75, 3.05) is 16.8 Å². The molecule has 1 aliphatic heterocycles. The monoisotopic (exact) mass is 345 g/mol. The summed E-state index contributed by atoms with van der Waals surface area (Å²) in [7, 11) is -3.05. The third-order valence-corrected chi connectivity index (χ3v) is 5.95. The highest BCUT2D eigenvalue weighted by molar-refractivity contribution is 9.10. The number of sulfone groups is 1. The second kappa shape index (κ2) is 5.63. The number of carbonyl (C=O) groups excluding carboxylic acids is 1. The van der Waals surface area contributed by atoms with Crippen LogP contribution in [0.5, 0.6) is 0 Å². The van der Waals surface area contributed by atoms with Gasteiger partial charge < -0.3 is 5.32 Å². The van der Waals surface area contributed by atoms with E-state index in [-0.39, 0.29) is 17.4 Å². The first-order chi connectivity index (χ1) is 8.87. The van der Waals surface area contributed by atoms with Gasteiger partial charge in [0.1, 0.15) is 0 Å². The van der Waals surface area contributed by atoms with Crippen LogP contribution in [0.15, 0.2) is 22.7 Å². The number of halogens is 1. The molecule has 1 saturated heterocycles. The molecule has 4 nitrogen and oxygen atoms in total. The highest BCUT2D eigenvalue weighted by atomic mass is 79.9. The van der Waals surface area contributed by atoms with Gasteiger partial charge in [0, 0.05) is 10.2 Å². The lowest BCUT2D eigenvalue weighted by Crippen LogP contribution is -2.34. The SMILES string of the molecule is Cc1ccc(NC(=O)C2CCCS(=O)(=O)C2)cc1Br. The normalized spacial score (nSPS) is 21.9. The van der Waals surface area contributed by atoms with Crippen molar-refractivity contribution in [3.8, 4) is 0 Å². The lowest BCUT2D eigenvalue weighted by molar-refractivity contribution is -0.119. The van der Waals surface area contributed by atoms with Crippen LogP contribution >= 0.6 is 15.9 Å². The summed E-state index contributed by atoms with van der Waals surface area (Å²) in [4.78, 5) is 12.1. The fourth-order valence-electron chi connectivity index (χ4n) is 2.14. The van der Waals surface area contributed by atoms with E-state index in [2.05, 4.69) is 21.2 Å². The predicted octanol–water partition coefficient (Wildman–Crippen LogP) is 2.52. The average molecular weight is 346 g/mol. The van der Waals surface area contributed by atoms with Crippen molar-refractivity contribution in [3.05, 3.63) is 28.2 Å². The molecule has 104 valence electrons. The zero-order chi connectivity index (χ0) is 14.0. The second-order valence-corrected chi connectivity index (χ2v) is 7.99. The van der Waals surface area contributed by atoms with Gasteiger partial charge in [-0.05, 0) is 37.5 Å². The number of rotatable bonds is 2. The molecule has 1 fully saturated rings. The van der Waals surface area contributed by atoms with E-state index in [4.69, 9.17) is 0 Å². The van der Waals surface area contributed by atoms with Crippen LogP contribution in [0, 0.1) is 12.8 Å². The van der Waals surface area contributed by atoms with Crippen LogP contribution in [-0.4, -0.2) is 25.8 Å². The standard InChI is InChI=1S/C13H16BrNO3S/c1-9-4-5-11(7-12(9)14)15-13(16)10-3-2-6-19(17,18)8-10/h4-5,7,10H,2-3,6,8H2,1H3,(H,15,16). The number of anilines is 1. The summed E-state index contributed by atoms with van der Waals surface area (Å²) in [5.74, 6) is -0.475. The molecule has 19 heavy (non-hydrogen) atoms. The van der Waals surface area contributed by atoms with E-state index >= 15 is 0 Å². The molecular weight excluding hydrogens is 330 g/mol. The zero-order valence-corrected chi connectivity index (χ0v) is 13.1. The number of carbonyl (C=O) groups is 1. The summed E-state index contributed by atoms with van der Waals surface area (Å²) < 4.78 is 24.0. The Bertz CT molecular complexity index is 598. The minimum Gasteiger partial charge on any atom is -0.326 e. The van der Waals surface area contributed by atoms with Gasteiger partial charge in [-0.25, -0.2) is 8.42 Å². The lowest BCUT2D eigenvalue weighted by Gasteiger charge is -2.21. The van der Waals surface area contributed by atoms with E-state index in [9.17, 15) is 13.2 Å². The molecule has 0 spiro atoms. The molecule has 1 amide bonds. The Morgan fingerprint density at radius 2 is 2.16 bits per heavy atom. The number of nitrogens with one attached hydrogen (secondary N) is 1. The molecule has 0 aliphatic carbocycles. The van der Waals surface area contributed by atoms with Gasteiger partial charge in [0.2, 0.25) is 5.91 Å². The molecular formula is C13H16BrNO3S. The molecule has 1 heterocycles. The smallest absolute Gasteiger partial charge is 0.228 e. The van der Waals surface area contributed by atoms with Crippen LogP contribution < -0.4 is 5.32 Å². The first-order valence-electron chi connectivity index (χ1n) is 6.15. The molecule has 0 aromatic heterocycles. The molecule has 0 radical (unpaired) electrons. The maximum absolute atomic E-state index is 12.1. The maximum atomic E-state index is 12.1. The summed E-state index contributed by atoms with van der Waals surface area (Å²) in [6.45, 7) is 1.96. The van der Waals surface area contributed by atoms with E-state index in [1.165, 1.54) is 0 Å². The summed E-state index contributed by atoms with van der Waals surface area (Å²) in [5, 5.41) is 2.78. The minimum absolute atomic E-state index is 0.0358. The lowest BCUT2D eigenvalue weighted by atomic mass is 10.0. The third kappa shape index (κ3) is 3.79. The highest BCUT2D eigenvalue weighted by Gasteiger charge is 2.29. The van der Waals surface area contributed by atoms with Crippen molar-refractivity contribution in [2.45, 2.75) is 19.8 Å². The molecule has 1 atom stereocenters. The topological polar surface area (TPSA) is 63.2 Å². The van der Waals surface area contributed by atoms with Crippen LogP contribution in [-0.2, 0) is 14.6 Å². The second-order valence-electron chi connectivity index (χ2n) is 4.91. The van der Waals surface area contributed by atoms with Crippen molar-refractivity contribution in [1.29, 1.82) is 0 Å². The van der Waals surface area contributed by atoms with Crippen LogP contribution in [0.25, 0.3) is 0 Å². The number of aryl methyl sites for hydroxylation is 1. The van der Waals surface area contributed by atoms with Crippen molar-refractivity contribution in [1.82, 2.24) is 0 Å². The van der Waals surface area contributed by atoms with Crippen LogP contribution in [0.1, 0.15) is 18.4 Å². The van der Waals surface area contributed by atoms with Crippen molar-refractivity contribution >= 4 is 37.4 Å². The third-order valence-electron chi connectivity index (χ3n) is 3.27. The molecule has 2 rings (SSSR count). The van der Waals surface area contributed by atoms with Gasteiger partial charge in [0.05, 0.1) is 17.4 Å². The van der Waals surface area contributed by atoms with Gasteiger partial charge in [-0.2, -0.15) is 0 Å². The van der Waals surface area contributed by atoms with E-state index in [0.717, 1.165) is 10.0 Å². The van der Waals surface area contributed by atoms with Gasteiger partial charge in [0.15, 0.2) is 9.84 Å². The Labute approximate surface area is 121 Å². The highest BCUT2D eigenvalue weighted by Crippen LogP contribution is 2.23. The van der Waals surface area contributed by atoms with Crippen molar-refractivity contribution in [2.24, 2.45) is 5.92 Å². The van der Waals surface area contributed by atoms with E-state index in [1.807, 2.05) is 25.1 Å². The number of amides is 1. The Balaban J connectivity index is 2.06. The van der Waals surface area contributed by atoms with Gasteiger partial charge in [-0.1, -0.05) is 22.0 Å². The first-order valence-corrected chi connectivity index (χ1v) is 8.76. The molecule has 1 aromatic carbocycles. The van der Waals surface area contributed by atoms with E-state index < -0.39 is 15.8 Å². The summed E-state index contributed by atoms with van der Waals surface area (Å²) in [6.07, 6.45) is 1.20. The zero-order valence-electron chi connectivity index (χ0n) is 10.6. The van der Waals surface area contributed by atoms with Gasteiger partial charge >= 0.3 is 0 Å². The van der Waals surface area contributed by atoms with Crippen molar-refractivity contribution in [3.63, 3.8) is 0 Å². The van der Waals surface area contributed by atoms with Gasteiger partial charge in [-0.15, -0.1) is 0 Å². The van der Waals surface area contributed by atoms with Gasteiger partial charge in [-0.3, -0.25) is 4.79 Å². The fraction of sp³-hybridized carbons (Fsp3) is 0.462. The van der Waals surface area contributed by atoms with Crippen LogP contribution in [0.4, 0.5) is 5.69 Å². The number of hydrogen-bond donors (Lipinski definition) is 1. The molecule has 1 unspecified atom stereocenters. The molecule has 0 bridgehead atoms. The number of hydrogen-bond acceptors (Lipinski definition) is 3. The van der Waals surface area contributed by atoms with Crippen LogP contribution in [0.3, 0.4) is 0 Å². The Morgan fingerprint density at radius 1 is 1.42 bits per heavy atom. The van der Waals surface area contributed by atoms with E-state index in [0.29, 0.717) is 18.5 Å². The van der Waals surface area contributed by atoms with E-state index in [1.54, 1.807) is 0 Å². The fourth-order valence-corrected chi connectivity index (χ4v) is 4.23. The summed E-state index contributed by atoms with van der Waals surface area (Å²) in [6, 6.07) is 5.54. The minimum atomic E-state index is -3.05.